The van der Waals surface area contributed by atoms with Crippen molar-refractivity contribution in [1.82, 2.24) is 0 Å². The normalized spacial score (nSPS) is 26.7. The summed E-state index contributed by atoms with van der Waals surface area (Å²) in [5.74, 6) is 0. The van der Waals surface area contributed by atoms with Crippen molar-refractivity contribution < 1.29 is 0 Å². The summed E-state index contributed by atoms with van der Waals surface area (Å²) in [5.41, 5.74) is 6.86. The average molecular weight is 158 g/mol. The van der Waals surface area contributed by atoms with E-state index in [2.05, 4.69) is 12.2 Å². The molecule has 0 saturated heterocycles. The standard InChI is InChI=1S/C12H14/c1-2-6-11-9(4-1)8-10-5-3-7-12(10)11/h2,6H,1,3-5,7-8H2. The zero-order valence-corrected chi connectivity index (χ0v) is 7.40. The van der Waals surface area contributed by atoms with E-state index in [1.54, 1.807) is 22.3 Å². The highest BCUT2D eigenvalue weighted by atomic mass is 14.3. The Kier molecular flexibility index (Phi) is 1.31. The van der Waals surface area contributed by atoms with Crippen LogP contribution in [0.3, 0.4) is 0 Å². The molecule has 0 aromatic rings. The second-order valence-corrected chi connectivity index (χ2v) is 4.07. The first-order chi connectivity index (χ1) is 5.95. The Balaban J connectivity index is 2.04. The summed E-state index contributed by atoms with van der Waals surface area (Å²) in [6.45, 7) is 0. The first-order valence-electron chi connectivity index (χ1n) is 5.05. The Morgan fingerprint density at radius 3 is 3.00 bits per heavy atom. The third kappa shape index (κ3) is 0.782. The maximum Gasteiger partial charge on any atom is -0.00932 e. The first-order valence-corrected chi connectivity index (χ1v) is 5.05. The van der Waals surface area contributed by atoms with E-state index in [0.717, 1.165) is 0 Å². The largest absolute Gasteiger partial charge is 0.0836 e. The SMILES string of the molecule is C1=CC2=C(CC1)CC1=C2CCC1. The molecule has 3 rings (SSSR count). The summed E-state index contributed by atoms with van der Waals surface area (Å²) < 4.78 is 0. The van der Waals surface area contributed by atoms with E-state index >= 15 is 0 Å². The maximum absolute atomic E-state index is 2.37. The fraction of sp³-hybridized carbons (Fsp3) is 0.500. The molecular formula is C12H14. The quantitative estimate of drug-likeness (QED) is 0.506. The van der Waals surface area contributed by atoms with Crippen LogP contribution in [0.4, 0.5) is 0 Å². The summed E-state index contributed by atoms with van der Waals surface area (Å²) in [6, 6.07) is 0. The molecule has 0 radical (unpaired) electrons. The third-order valence-corrected chi connectivity index (χ3v) is 3.36. The summed E-state index contributed by atoms with van der Waals surface area (Å²) in [7, 11) is 0. The van der Waals surface area contributed by atoms with Crippen molar-refractivity contribution in [3.05, 3.63) is 34.4 Å². The molecule has 0 nitrogen and oxygen atoms in total. The van der Waals surface area contributed by atoms with Crippen molar-refractivity contribution in [2.45, 2.75) is 38.5 Å². The predicted octanol–water partition coefficient (Wildman–Crippen LogP) is 3.52. The van der Waals surface area contributed by atoms with E-state index in [1.807, 2.05) is 0 Å². The van der Waals surface area contributed by atoms with Gasteiger partial charge in [0.05, 0.1) is 0 Å². The van der Waals surface area contributed by atoms with Crippen molar-refractivity contribution in [3.63, 3.8) is 0 Å². The zero-order valence-electron chi connectivity index (χ0n) is 7.40. The second-order valence-electron chi connectivity index (χ2n) is 4.07. The van der Waals surface area contributed by atoms with Crippen molar-refractivity contribution in [2.75, 3.05) is 0 Å². The number of allylic oxidation sites excluding steroid dienone is 6. The Labute approximate surface area is 73.7 Å². The van der Waals surface area contributed by atoms with Crippen LogP contribution in [-0.2, 0) is 0 Å². The molecule has 3 aliphatic rings. The van der Waals surface area contributed by atoms with Gasteiger partial charge in [0.15, 0.2) is 0 Å². The minimum absolute atomic E-state index is 1.28. The number of fused-ring (bicyclic) bond motifs is 1. The molecule has 0 spiro atoms. The van der Waals surface area contributed by atoms with E-state index < -0.39 is 0 Å². The fourth-order valence-electron chi connectivity index (χ4n) is 2.79. The monoisotopic (exact) mass is 158 g/mol. The molecule has 12 heavy (non-hydrogen) atoms. The molecule has 0 amide bonds. The third-order valence-electron chi connectivity index (χ3n) is 3.36. The molecule has 0 fully saturated rings. The van der Waals surface area contributed by atoms with Gasteiger partial charge in [0.1, 0.15) is 0 Å². The molecule has 0 bridgehead atoms. The summed E-state index contributed by atoms with van der Waals surface area (Å²) in [4.78, 5) is 0. The van der Waals surface area contributed by atoms with Gasteiger partial charge >= 0.3 is 0 Å². The van der Waals surface area contributed by atoms with Gasteiger partial charge in [0, 0.05) is 0 Å². The van der Waals surface area contributed by atoms with Crippen LogP contribution in [0.5, 0.6) is 0 Å². The lowest BCUT2D eigenvalue weighted by Crippen LogP contribution is -1.91. The lowest BCUT2D eigenvalue weighted by atomic mass is 9.95. The molecule has 0 aromatic heterocycles. The second kappa shape index (κ2) is 2.35. The van der Waals surface area contributed by atoms with E-state index in [-0.39, 0.29) is 0 Å². The van der Waals surface area contributed by atoms with Crippen LogP contribution in [0, 0.1) is 0 Å². The van der Waals surface area contributed by atoms with Crippen LogP contribution in [0.2, 0.25) is 0 Å². The van der Waals surface area contributed by atoms with Crippen LogP contribution in [0.1, 0.15) is 38.5 Å². The van der Waals surface area contributed by atoms with E-state index in [4.69, 9.17) is 0 Å². The zero-order chi connectivity index (χ0) is 7.97. The van der Waals surface area contributed by atoms with Crippen LogP contribution in [-0.4, -0.2) is 0 Å². The van der Waals surface area contributed by atoms with Crippen LogP contribution < -0.4 is 0 Å². The van der Waals surface area contributed by atoms with Crippen molar-refractivity contribution >= 4 is 0 Å². The molecule has 62 valence electrons. The van der Waals surface area contributed by atoms with Crippen molar-refractivity contribution in [2.24, 2.45) is 0 Å². The molecule has 0 heterocycles. The van der Waals surface area contributed by atoms with Crippen LogP contribution in [0.15, 0.2) is 34.4 Å². The van der Waals surface area contributed by atoms with Crippen LogP contribution in [0.25, 0.3) is 0 Å². The van der Waals surface area contributed by atoms with Gasteiger partial charge in [0.2, 0.25) is 0 Å². The lowest BCUT2D eigenvalue weighted by Gasteiger charge is -2.10. The molecular weight excluding hydrogens is 144 g/mol. The van der Waals surface area contributed by atoms with E-state index in [0.29, 0.717) is 0 Å². The summed E-state index contributed by atoms with van der Waals surface area (Å²) in [5, 5.41) is 0. The predicted molar refractivity (Wildman–Crippen MR) is 50.9 cm³/mol. The smallest absolute Gasteiger partial charge is 0.00932 e. The minimum Gasteiger partial charge on any atom is -0.0836 e. The van der Waals surface area contributed by atoms with Gasteiger partial charge < -0.3 is 0 Å². The molecule has 0 saturated carbocycles. The average Bonchev–Trinajstić information content (AvgIpc) is 2.62. The van der Waals surface area contributed by atoms with Crippen molar-refractivity contribution in [1.29, 1.82) is 0 Å². The Hall–Kier alpha value is -0.780. The van der Waals surface area contributed by atoms with Gasteiger partial charge in [0.25, 0.3) is 0 Å². The topological polar surface area (TPSA) is 0 Å². The van der Waals surface area contributed by atoms with Gasteiger partial charge in [-0.15, -0.1) is 0 Å². The number of rotatable bonds is 0. The molecule has 0 aliphatic heterocycles. The maximum atomic E-state index is 2.37. The van der Waals surface area contributed by atoms with E-state index in [9.17, 15) is 0 Å². The highest BCUT2D eigenvalue weighted by molar-refractivity contribution is 5.55. The van der Waals surface area contributed by atoms with Gasteiger partial charge in [-0.05, 0) is 49.7 Å². The first kappa shape index (κ1) is 6.71. The minimum atomic E-state index is 1.28. The van der Waals surface area contributed by atoms with Gasteiger partial charge in [-0.3, -0.25) is 0 Å². The molecule has 0 N–H and O–H groups in total. The van der Waals surface area contributed by atoms with Gasteiger partial charge in [-0.25, -0.2) is 0 Å². The molecule has 0 aromatic carbocycles. The fourth-order valence-corrected chi connectivity index (χ4v) is 2.79. The molecule has 0 atom stereocenters. The Morgan fingerprint density at radius 1 is 1.00 bits per heavy atom. The van der Waals surface area contributed by atoms with Crippen LogP contribution >= 0.6 is 0 Å². The van der Waals surface area contributed by atoms with E-state index in [1.165, 1.54) is 38.5 Å². The Bertz CT molecular complexity index is 313. The molecule has 0 unspecified atom stereocenters. The van der Waals surface area contributed by atoms with Gasteiger partial charge in [-0.1, -0.05) is 23.3 Å². The number of hydrogen-bond acceptors (Lipinski definition) is 0. The lowest BCUT2D eigenvalue weighted by molar-refractivity contribution is 0.833. The highest BCUT2D eigenvalue weighted by Crippen LogP contribution is 2.45. The Morgan fingerprint density at radius 2 is 2.00 bits per heavy atom. The molecule has 0 heteroatoms. The van der Waals surface area contributed by atoms with Gasteiger partial charge in [-0.2, -0.15) is 0 Å². The molecule has 3 aliphatic carbocycles. The summed E-state index contributed by atoms with van der Waals surface area (Å²) in [6.07, 6.45) is 12.8. The van der Waals surface area contributed by atoms with Crippen molar-refractivity contribution in [3.8, 4) is 0 Å². The highest BCUT2D eigenvalue weighted by Gasteiger charge is 2.26. The summed E-state index contributed by atoms with van der Waals surface area (Å²) >= 11 is 0. The number of hydrogen-bond donors (Lipinski definition) is 0.